The van der Waals surface area contributed by atoms with Gasteiger partial charge in [0.1, 0.15) is 0 Å². The number of aromatic nitrogens is 2. The van der Waals surface area contributed by atoms with Gasteiger partial charge in [0.25, 0.3) is 5.91 Å². The summed E-state index contributed by atoms with van der Waals surface area (Å²) in [5.41, 5.74) is 6.27. The first-order chi connectivity index (χ1) is 8.65. The molecule has 92 valence electrons. The zero-order valence-corrected chi connectivity index (χ0v) is 9.90. The number of nitrogens with zero attached hydrogens (tertiary/aromatic N) is 2. The van der Waals surface area contributed by atoms with Gasteiger partial charge in [-0.1, -0.05) is 6.07 Å². The second-order valence-electron chi connectivity index (χ2n) is 3.32. The number of rotatable bonds is 3. The summed E-state index contributed by atoms with van der Waals surface area (Å²) in [6, 6.07) is 5.94. The number of amides is 3. The SMILES string of the molecule is NC(=O)Nc1cccc(NC(=O)c2cnsn2)c1. The van der Waals surface area contributed by atoms with Crippen molar-refractivity contribution in [2.45, 2.75) is 0 Å². The van der Waals surface area contributed by atoms with E-state index >= 15 is 0 Å². The number of carbonyl (C=O) groups is 2. The van der Waals surface area contributed by atoms with Crippen molar-refractivity contribution in [1.82, 2.24) is 8.75 Å². The Labute approximate surface area is 106 Å². The van der Waals surface area contributed by atoms with Gasteiger partial charge in [-0.3, -0.25) is 4.79 Å². The Bertz CT molecular complexity index is 569. The minimum absolute atomic E-state index is 0.244. The van der Waals surface area contributed by atoms with Crippen LogP contribution in [-0.2, 0) is 0 Å². The molecule has 0 unspecified atom stereocenters. The number of nitrogens with two attached hydrogens (primary N) is 1. The highest BCUT2D eigenvalue weighted by atomic mass is 32.1. The molecular weight excluding hydrogens is 254 g/mol. The Balaban J connectivity index is 2.10. The molecule has 1 aromatic carbocycles. The van der Waals surface area contributed by atoms with Gasteiger partial charge in [0, 0.05) is 11.4 Å². The van der Waals surface area contributed by atoms with Crippen LogP contribution in [0.3, 0.4) is 0 Å². The van der Waals surface area contributed by atoms with Crippen LogP contribution in [0.1, 0.15) is 10.5 Å². The lowest BCUT2D eigenvalue weighted by molar-refractivity contribution is 0.102. The largest absolute Gasteiger partial charge is 0.351 e. The van der Waals surface area contributed by atoms with E-state index < -0.39 is 6.03 Å². The zero-order valence-electron chi connectivity index (χ0n) is 9.08. The quantitative estimate of drug-likeness (QED) is 0.774. The molecule has 0 atom stereocenters. The van der Waals surface area contributed by atoms with E-state index in [1.165, 1.54) is 6.20 Å². The minimum Gasteiger partial charge on any atom is -0.351 e. The zero-order chi connectivity index (χ0) is 13.0. The molecule has 1 aromatic heterocycles. The molecule has 8 heteroatoms. The maximum Gasteiger partial charge on any atom is 0.316 e. The summed E-state index contributed by atoms with van der Waals surface area (Å²) in [5.74, 6) is -0.361. The molecule has 0 saturated carbocycles. The molecule has 0 aliphatic rings. The van der Waals surface area contributed by atoms with E-state index in [9.17, 15) is 9.59 Å². The predicted molar refractivity (Wildman–Crippen MR) is 67.5 cm³/mol. The molecule has 0 fully saturated rings. The normalized spacial score (nSPS) is 9.78. The van der Waals surface area contributed by atoms with Crippen molar-refractivity contribution in [1.29, 1.82) is 0 Å². The van der Waals surface area contributed by atoms with Crippen LogP contribution >= 0.6 is 11.7 Å². The van der Waals surface area contributed by atoms with Crippen LogP contribution in [0.25, 0.3) is 0 Å². The second-order valence-corrected chi connectivity index (χ2v) is 3.87. The fourth-order valence-corrected chi connectivity index (χ4v) is 1.69. The van der Waals surface area contributed by atoms with E-state index in [1.807, 2.05) is 0 Å². The van der Waals surface area contributed by atoms with Gasteiger partial charge in [0.15, 0.2) is 5.69 Å². The number of benzene rings is 1. The molecule has 4 N–H and O–H groups in total. The molecule has 2 aromatic rings. The summed E-state index contributed by atoms with van der Waals surface area (Å²) in [4.78, 5) is 22.4. The van der Waals surface area contributed by atoms with E-state index in [0.29, 0.717) is 11.4 Å². The molecular formula is C10H9N5O2S. The van der Waals surface area contributed by atoms with Crippen LogP contribution in [0.2, 0.25) is 0 Å². The molecule has 0 radical (unpaired) electrons. The van der Waals surface area contributed by atoms with E-state index in [0.717, 1.165) is 11.7 Å². The first kappa shape index (κ1) is 12.0. The molecule has 0 spiro atoms. The van der Waals surface area contributed by atoms with Crippen LogP contribution < -0.4 is 16.4 Å². The minimum atomic E-state index is -0.665. The van der Waals surface area contributed by atoms with Gasteiger partial charge in [-0.25, -0.2) is 4.79 Å². The lowest BCUT2D eigenvalue weighted by Crippen LogP contribution is -2.19. The predicted octanol–water partition coefficient (Wildman–Crippen LogP) is 1.28. The van der Waals surface area contributed by atoms with Crippen LogP contribution in [0.15, 0.2) is 30.5 Å². The molecule has 1 heterocycles. The summed E-state index contributed by atoms with van der Waals surface area (Å²) < 4.78 is 7.55. The van der Waals surface area contributed by atoms with Crippen molar-refractivity contribution in [3.63, 3.8) is 0 Å². The number of carbonyl (C=O) groups excluding carboxylic acids is 2. The third-order valence-corrected chi connectivity index (χ3v) is 2.46. The first-order valence-corrected chi connectivity index (χ1v) is 5.63. The van der Waals surface area contributed by atoms with Crippen molar-refractivity contribution < 1.29 is 9.59 Å². The molecule has 0 aliphatic carbocycles. The van der Waals surface area contributed by atoms with Crippen LogP contribution in [-0.4, -0.2) is 20.7 Å². The second kappa shape index (κ2) is 5.23. The lowest BCUT2D eigenvalue weighted by Gasteiger charge is -2.06. The average Bonchev–Trinajstić information content (AvgIpc) is 2.81. The van der Waals surface area contributed by atoms with Crippen molar-refractivity contribution in [3.8, 4) is 0 Å². The fraction of sp³-hybridized carbons (Fsp3) is 0. The molecule has 0 aliphatic heterocycles. The highest BCUT2D eigenvalue weighted by molar-refractivity contribution is 6.99. The van der Waals surface area contributed by atoms with Gasteiger partial charge in [0.05, 0.1) is 17.9 Å². The number of hydrogen-bond acceptors (Lipinski definition) is 5. The summed E-state index contributed by atoms with van der Waals surface area (Å²) in [6.07, 6.45) is 1.38. The smallest absolute Gasteiger partial charge is 0.316 e. The van der Waals surface area contributed by atoms with Gasteiger partial charge >= 0.3 is 6.03 Å². The van der Waals surface area contributed by atoms with E-state index in [-0.39, 0.29) is 11.6 Å². The van der Waals surface area contributed by atoms with Gasteiger partial charge < -0.3 is 16.4 Å². The third-order valence-electron chi connectivity index (χ3n) is 1.98. The Morgan fingerprint density at radius 1 is 1.22 bits per heavy atom. The molecule has 3 amide bonds. The van der Waals surface area contributed by atoms with Gasteiger partial charge in [-0.2, -0.15) is 8.75 Å². The summed E-state index contributed by atoms with van der Waals surface area (Å²) in [6.45, 7) is 0. The Hall–Kier alpha value is -2.48. The van der Waals surface area contributed by atoms with E-state index in [2.05, 4.69) is 19.4 Å². The van der Waals surface area contributed by atoms with Crippen LogP contribution in [0.5, 0.6) is 0 Å². The summed E-state index contributed by atoms with van der Waals surface area (Å²) in [7, 11) is 0. The Kier molecular flexibility index (Phi) is 3.49. The van der Waals surface area contributed by atoms with Crippen molar-refractivity contribution in [3.05, 3.63) is 36.2 Å². The van der Waals surface area contributed by atoms with Crippen molar-refractivity contribution >= 4 is 35.0 Å². The fourth-order valence-electron chi connectivity index (χ4n) is 1.28. The molecule has 2 rings (SSSR count). The number of urea groups is 1. The van der Waals surface area contributed by atoms with Gasteiger partial charge in [0.2, 0.25) is 0 Å². The maximum atomic E-state index is 11.7. The van der Waals surface area contributed by atoms with Crippen LogP contribution in [0.4, 0.5) is 16.2 Å². The molecule has 0 saturated heterocycles. The lowest BCUT2D eigenvalue weighted by atomic mass is 10.2. The van der Waals surface area contributed by atoms with Crippen molar-refractivity contribution in [2.24, 2.45) is 5.73 Å². The highest BCUT2D eigenvalue weighted by Gasteiger charge is 2.09. The van der Waals surface area contributed by atoms with Crippen LogP contribution in [0, 0.1) is 0 Å². The van der Waals surface area contributed by atoms with Gasteiger partial charge in [-0.15, -0.1) is 0 Å². The first-order valence-electron chi connectivity index (χ1n) is 4.90. The summed E-state index contributed by atoms with van der Waals surface area (Å²) in [5, 5.41) is 5.05. The highest BCUT2D eigenvalue weighted by Crippen LogP contribution is 2.15. The van der Waals surface area contributed by atoms with Gasteiger partial charge in [-0.05, 0) is 18.2 Å². The number of hydrogen-bond donors (Lipinski definition) is 3. The number of primary amides is 1. The standard InChI is InChI=1S/C10H9N5O2S/c11-10(17)14-7-3-1-2-6(4-7)13-9(16)8-5-12-18-15-8/h1-5H,(H,13,16)(H3,11,14,17). The maximum absolute atomic E-state index is 11.7. The molecule has 7 nitrogen and oxygen atoms in total. The Morgan fingerprint density at radius 2 is 1.94 bits per heavy atom. The number of nitrogens with one attached hydrogen (secondary N) is 2. The monoisotopic (exact) mass is 263 g/mol. The topological polar surface area (TPSA) is 110 Å². The van der Waals surface area contributed by atoms with Crippen molar-refractivity contribution in [2.75, 3.05) is 10.6 Å². The summed E-state index contributed by atoms with van der Waals surface area (Å²) >= 11 is 0.956. The number of anilines is 2. The Morgan fingerprint density at radius 3 is 2.56 bits per heavy atom. The third kappa shape index (κ3) is 3.01. The van der Waals surface area contributed by atoms with E-state index in [1.54, 1.807) is 24.3 Å². The average molecular weight is 263 g/mol. The van der Waals surface area contributed by atoms with E-state index in [4.69, 9.17) is 5.73 Å². The molecule has 0 bridgehead atoms. The molecule has 18 heavy (non-hydrogen) atoms.